The van der Waals surface area contributed by atoms with Gasteiger partial charge in [0.1, 0.15) is 6.61 Å². The molecular formula is C19H29NO5. The Hall–Kier alpha value is -2.08. The van der Waals surface area contributed by atoms with Gasteiger partial charge in [-0.1, -0.05) is 44.2 Å². The Morgan fingerprint density at radius 3 is 2.52 bits per heavy atom. The van der Waals surface area contributed by atoms with Crippen LogP contribution >= 0.6 is 0 Å². The van der Waals surface area contributed by atoms with Crippen LogP contribution in [-0.2, 0) is 20.9 Å². The summed E-state index contributed by atoms with van der Waals surface area (Å²) < 4.78 is 10.7. The third-order valence-electron chi connectivity index (χ3n) is 3.69. The molecule has 1 atom stereocenters. The van der Waals surface area contributed by atoms with Crippen LogP contribution in [0.3, 0.4) is 0 Å². The van der Waals surface area contributed by atoms with E-state index in [4.69, 9.17) is 14.6 Å². The highest BCUT2D eigenvalue weighted by Crippen LogP contribution is 2.10. The second-order valence-corrected chi connectivity index (χ2v) is 6.50. The van der Waals surface area contributed by atoms with Crippen LogP contribution in [0.1, 0.15) is 38.7 Å². The normalized spacial score (nSPS) is 12.0. The van der Waals surface area contributed by atoms with Gasteiger partial charge in [0.2, 0.25) is 0 Å². The minimum Gasteiger partial charge on any atom is -0.481 e. The fourth-order valence-corrected chi connectivity index (χ4v) is 2.21. The molecule has 6 heteroatoms. The number of carboxylic acid groups (broad SMARTS) is 1. The molecule has 0 heterocycles. The molecular weight excluding hydrogens is 322 g/mol. The number of aliphatic carboxylic acids is 1. The SMILES string of the molecule is CC(C)CCOC[C@@H](CCNC(=O)OCc1ccccc1)CC(=O)O. The molecule has 0 saturated carbocycles. The van der Waals surface area contributed by atoms with Gasteiger partial charge in [-0.05, 0) is 30.2 Å². The quantitative estimate of drug-likeness (QED) is 0.563. The summed E-state index contributed by atoms with van der Waals surface area (Å²) >= 11 is 0. The molecule has 0 spiro atoms. The number of carbonyl (C=O) groups excluding carboxylic acids is 1. The van der Waals surface area contributed by atoms with Gasteiger partial charge in [0.15, 0.2) is 0 Å². The van der Waals surface area contributed by atoms with E-state index in [0.717, 1.165) is 12.0 Å². The van der Waals surface area contributed by atoms with E-state index < -0.39 is 12.1 Å². The number of carbonyl (C=O) groups is 2. The highest BCUT2D eigenvalue weighted by Gasteiger charge is 2.14. The number of rotatable bonds is 12. The molecule has 1 aromatic carbocycles. The van der Waals surface area contributed by atoms with Crippen LogP contribution in [0.2, 0.25) is 0 Å². The summed E-state index contributed by atoms with van der Waals surface area (Å²) in [6.45, 7) is 5.81. The van der Waals surface area contributed by atoms with Crippen LogP contribution in [0.25, 0.3) is 0 Å². The second kappa shape index (κ2) is 12.3. The van der Waals surface area contributed by atoms with E-state index >= 15 is 0 Å². The number of ether oxygens (including phenoxy) is 2. The monoisotopic (exact) mass is 351 g/mol. The topological polar surface area (TPSA) is 84.9 Å². The Labute approximate surface area is 149 Å². The van der Waals surface area contributed by atoms with Gasteiger partial charge in [-0.3, -0.25) is 4.79 Å². The Balaban J connectivity index is 2.23. The van der Waals surface area contributed by atoms with Gasteiger partial charge >= 0.3 is 12.1 Å². The number of benzene rings is 1. The lowest BCUT2D eigenvalue weighted by atomic mass is 10.0. The molecule has 0 radical (unpaired) electrons. The highest BCUT2D eigenvalue weighted by atomic mass is 16.5. The predicted molar refractivity (Wildman–Crippen MR) is 95.3 cm³/mol. The Kier molecular flexibility index (Phi) is 10.3. The molecule has 25 heavy (non-hydrogen) atoms. The summed E-state index contributed by atoms with van der Waals surface area (Å²) in [6.07, 6.45) is 1.01. The average molecular weight is 351 g/mol. The van der Waals surface area contributed by atoms with Gasteiger partial charge < -0.3 is 19.9 Å². The van der Waals surface area contributed by atoms with E-state index in [1.54, 1.807) is 0 Å². The first-order valence-corrected chi connectivity index (χ1v) is 8.71. The van der Waals surface area contributed by atoms with Gasteiger partial charge in [0.05, 0.1) is 13.0 Å². The number of carboxylic acids is 1. The van der Waals surface area contributed by atoms with Crippen molar-refractivity contribution in [2.45, 2.75) is 39.7 Å². The standard InChI is InChI=1S/C19H29NO5/c1-15(2)9-11-24-13-17(12-18(21)22)8-10-20-19(23)25-14-16-6-4-3-5-7-16/h3-7,15,17H,8-14H2,1-2H3,(H,20,23)(H,21,22)/t17-/m0/s1. The maximum atomic E-state index is 11.7. The first kappa shape index (κ1) is 21.0. The molecule has 1 amide bonds. The maximum absolute atomic E-state index is 11.7. The third kappa shape index (κ3) is 11.2. The molecule has 0 bridgehead atoms. The number of hydrogen-bond donors (Lipinski definition) is 2. The van der Waals surface area contributed by atoms with Crippen molar-refractivity contribution in [3.05, 3.63) is 35.9 Å². The summed E-state index contributed by atoms with van der Waals surface area (Å²) in [5.41, 5.74) is 0.917. The molecule has 140 valence electrons. The molecule has 2 N–H and O–H groups in total. The van der Waals surface area contributed by atoms with Crippen molar-refractivity contribution in [1.82, 2.24) is 5.32 Å². The minimum atomic E-state index is -0.857. The lowest BCUT2D eigenvalue weighted by Crippen LogP contribution is -2.28. The molecule has 0 saturated heterocycles. The van der Waals surface area contributed by atoms with Crippen molar-refractivity contribution < 1.29 is 24.2 Å². The summed E-state index contributed by atoms with van der Waals surface area (Å²) in [5.74, 6) is -0.429. The van der Waals surface area contributed by atoms with E-state index in [9.17, 15) is 9.59 Å². The van der Waals surface area contributed by atoms with Crippen molar-refractivity contribution in [2.24, 2.45) is 11.8 Å². The number of alkyl carbamates (subject to hydrolysis) is 1. The first-order chi connectivity index (χ1) is 12.0. The van der Waals surface area contributed by atoms with Crippen LogP contribution in [0.4, 0.5) is 4.79 Å². The lowest BCUT2D eigenvalue weighted by molar-refractivity contribution is -0.138. The molecule has 0 unspecified atom stereocenters. The van der Waals surface area contributed by atoms with Gasteiger partial charge in [-0.15, -0.1) is 0 Å². The fourth-order valence-electron chi connectivity index (χ4n) is 2.21. The van der Waals surface area contributed by atoms with Crippen molar-refractivity contribution in [2.75, 3.05) is 19.8 Å². The largest absolute Gasteiger partial charge is 0.481 e. The van der Waals surface area contributed by atoms with E-state index in [2.05, 4.69) is 19.2 Å². The molecule has 0 aliphatic carbocycles. The maximum Gasteiger partial charge on any atom is 0.407 e. The summed E-state index contributed by atoms with van der Waals surface area (Å²) in [6, 6.07) is 9.42. The summed E-state index contributed by atoms with van der Waals surface area (Å²) in [7, 11) is 0. The molecule has 6 nitrogen and oxygen atoms in total. The van der Waals surface area contributed by atoms with Crippen LogP contribution in [-0.4, -0.2) is 36.9 Å². The van der Waals surface area contributed by atoms with Crippen LogP contribution in [0.5, 0.6) is 0 Å². The van der Waals surface area contributed by atoms with Crippen molar-refractivity contribution in [3.63, 3.8) is 0 Å². The minimum absolute atomic E-state index is 0.0302. The molecule has 0 aromatic heterocycles. The van der Waals surface area contributed by atoms with E-state index in [1.807, 2.05) is 30.3 Å². The number of hydrogen-bond acceptors (Lipinski definition) is 4. The number of nitrogens with one attached hydrogen (secondary N) is 1. The van der Waals surface area contributed by atoms with Gasteiger partial charge in [-0.25, -0.2) is 4.79 Å². The number of amides is 1. The zero-order valence-electron chi connectivity index (χ0n) is 15.1. The summed E-state index contributed by atoms with van der Waals surface area (Å²) in [4.78, 5) is 22.6. The summed E-state index contributed by atoms with van der Waals surface area (Å²) in [5, 5.41) is 11.6. The Morgan fingerprint density at radius 1 is 1.16 bits per heavy atom. The van der Waals surface area contributed by atoms with Gasteiger partial charge in [-0.2, -0.15) is 0 Å². The Morgan fingerprint density at radius 2 is 1.88 bits per heavy atom. The zero-order valence-corrected chi connectivity index (χ0v) is 15.1. The zero-order chi connectivity index (χ0) is 18.5. The van der Waals surface area contributed by atoms with E-state index in [0.29, 0.717) is 32.1 Å². The van der Waals surface area contributed by atoms with E-state index in [1.165, 1.54) is 0 Å². The van der Waals surface area contributed by atoms with Crippen molar-refractivity contribution in [1.29, 1.82) is 0 Å². The highest BCUT2D eigenvalue weighted by molar-refractivity contribution is 5.67. The first-order valence-electron chi connectivity index (χ1n) is 8.71. The van der Waals surface area contributed by atoms with Gasteiger partial charge in [0.25, 0.3) is 0 Å². The van der Waals surface area contributed by atoms with Crippen molar-refractivity contribution in [3.8, 4) is 0 Å². The second-order valence-electron chi connectivity index (χ2n) is 6.50. The molecule has 1 aromatic rings. The molecule has 1 rings (SSSR count). The smallest absolute Gasteiger partial charge is 0.407 e. The van der Waals surface area contributed by atoms with Crippen molar-refractivity contribution >= 4 is 12.1 Å². The third-order valence-corrected chi connectivity index (χ3v) is 3.69. The lowest BCUT2D eigenvalue weighted by Gasteiger charge is -2.16. The molecule has 0 fully saturated rings. The molecule has 0 aliphatic heterocycles. The van der Waals surface area contributed by atoms with Crippen LogP contribution in [0, 0.1) is 11.8 Å². The van der Waals surface area contributed by atoms with Crippen LogP contribution < -0.4 is 5.32 Å². The average Bonchev–Trinajstić information content (AvgIpc) is 2.57. The Bertz CT molecular complexity index is 504. The van der Waals surface area contributed by atoms with Crippen LogP contribution in [0.15, 0.2) is 30.3 Å². The molecule has 0 aliphatic rings. The fraction of sp³-hybridized carbons (Fsp3) is 0.579. The van der Waals surface area contributed by atoms with Gasteiger partial charge in [0, 0.05) is 13.2 Å². The van der Waals surface area contributed by atoms with E-state index in [-0.39, 0.29) is 18.9 Å². The predicted octanol–water partition coefficient (Wildman–Crippen LogP) is 3.46.